The molecule has 0 saturated carbocycles. The summed E-state index contributed by atoms with van der Waals surface area (Å²) in [6.07, 6.45) is 1.76. The second kappa shape index (κ2) is 5.85. The van der Waals surface area contributed by atoms with Gasteiger partial charge in [-0.25, -0.2) is 8.78 Å². The molecule has 0 aliphatic heterocycles. The van der Waals surface area contributed by atoms with Crippen LogP contribution in [0.25, 0.3) is 0 Å². The summed E-state index contributed by atoms with van der Waals surface area (Å²) in [6, 6.07) is 3.63. The van der Waals surface area contributed by atoms with Crippen LogP contribution in [-0.2, 0) is 0 Å². The lowest BCUT2D eigenvalue weighted by Crippen LogP contribution is -1.99. The fourth-order valence-electron chi connectivity index (χ4n) is 0.942. The van der Waals surface area contributed by atoms with Crippen LogP contribution < -0.4 is 4.74 Å². The summed E-state index contributed by atoms with van der Waals surface area (Å²) in [5, 5.41) is 0.718. The fraction of sp³-hybridized carbons (Fsp3) is 0.273. The predicted octanol–water partition coefficient (Wildman–Crippen LogP) is 3.68. The van der Waals surface area contributed by atoms with Gasteiger partial charge in [-0.1, -0.05) is 27.6 Å². The third kappa shape index (κ3) is 3.63. The zero-order chi connectivity index (χ0) is 11.3. The summed E-state index contributed by atoms with van der Waals surface area (Å²) in [5.74, 6) is -1.68. The van der Waals surface area contributed by atoms with Crippen molar-refractivity contribution in [2.45, 2.75) is 6.92 Å². The lowest BCUT2D eigenvalue weighted by atomic mass is 10.3. The topological polar surface area (TPSA) is 9.23 Å². The van der Waals surface area contributed by atoms with Crippen LogP contribution in [0.4, 0.5) is 8.78 Å². The van der Waals surface area contributed by atoms with Crippen molar-refractivity contribution < 1.29 is 13.5 Å². The van der Waals surface area contributed by atoms with Crippen LogP contribution in [0, 0.1) is 11.6 Å². The van der Waals surface area contributed by atoms with Crippen molar-refractivity contribution in [3.8, 4) is 5.75 Å². The zero-order valence-corrected chi connectivity index (χ0v) is 9.85. The molecule has 4 heteroatoms. The van der Waals surface area contributed by atoms with Crippen LogP contribution in [0.1, 0.15) is 6.92 Å². The Kier molecular flexibility index (Phi) is 4.75. The van der Waals surface area contributed by atoms with E-state index in [1.54, 1.807) is 6.08 Å². The van der Waals surface area contributed by atoms with Crippen molar-refractivity contribution in [2.75, 3.05) is 11.9 Å². The van der Waals surface area contributed by atoms with E-state index in [9.17, 15) is 8.78 Å². The quantitative estimate of drug-likeness (QED) is 0.602. The van der Waals surface area contributed by atoms with E-state index in [0.29, 0.717) is 0 Å². The van der Waals surface area contributed by atoms with Crippen LogP contribution in [0.3, 0.4) is 0 Å². The standard InChI is InChI=1S/C11H11BrF2O/c1-8(7-12)5-6-15-11-9(13)3-2-4-10(11)14/h2-5H,6-7H2,1H3. The molecule has 1 aromatic carbocycles. The number of allylic oxidation sites excluding steroid dienone is 1. The number of hydrogen-bond donors (Lipinski definition) is 0. The molecular formula is C11H11BrF2O. The van der Waals surface area contributed by atoms with E-state index in [-0.39, 0.29) is 12.4 Å². The first-order chi connectivity index (χ1) is 7.15. The van der Waals surface area contributed by atoms with Crippen LogP contribution >= 0.6 is 15.9 Å². The van der Waals surface area contributed by atoms with Crippen LogP contribution in [0.5, 0.6) is 5.75 Å². The fourth-order valence-corrected chi connectivity index (χ4v) is 1.17. The van der Waals surface area contributed by atoms with Gasteiger partial charge in [0.15, 0.2) is 17.4 Å². The molecule has 1 aromatic rings. The van der Waals surface area contributed by atoms with Crippen molar-refractivity contribution in [3.05, 3.63) is 41.5 Å². The Labute approximate surface area is 95.9 Å². The summed E-state index contributed by atoms with van der Waals surface area (Å²) < 4.78 is 31.1. The molecule has 0 amide bonds. The van der Waals surface area contributed by atoms with E-state index < -0.39 is 11.6 Å². The molecule has 0 aromatic heterocycles. The summed E-state index contributed by atoms with van der Waals surface area (Å²) in [4.78, 5) is 0. The third-order valence-corrected chi connectivity index (χ3v) is 2.67. The van der Waals surface area contributed by atoms with Gasteiger partial charge in [0, 0.05) is 5.33 Å². The smallest absolute Gasteiger partial charge is 0.191 e. The highest BCUT2D eigenvalue weighted by molar-refractivity contribution is 9.09. The maximum absolute atomic E-state index is 13.1. The maximum Gasteiger partial charge on any atom is 0.191 e. The molecule has 82 valence electrons. The normalized spacial score (nSPS) is 11.6. The average molecular weight is 277 g/mol. The molecule has 1 rings (SSSR count). The Hall–Kier alpha value is -0.900. The minimum Gasteiger partial charge on any atom is -0.483 e. The summed E-state index contributed by atoms with van der Waals surface area (Å²) in [7, 11) is 0. The van der Waals surface area contributed by atoms with Gasteiger partial charge in [-0.15, -0.1) is 0 Å². The van der Waals surface area contributed by atoms with Gasteiger partial charge in [0.25, 0.3) is 0 Å². The largest absolute Gasteiger partial charge is 0.483 e. The SMILES string of the molecule is CC(=CCOc1c(F)cccc1F)CBr. The molecule has 0 fully saturated rings. The second-order valence-corrected chi connectivity index (χ2v) is 3.61. The van der Waals surface area contributed by atoms with Gasteiger partial charge in [-0.05, 0) is 25.1 Å². The van der Waals surface area contributed by atoms with Gasteiger partial charge in [0.05, 0.1) is 0 Å². The molecule has 15 heavy (non-hydrogen) atoms. The summed E-state index contributed by atoms with van der Waals surface area (Å²) in [6.45, 7) is 2.06. The number of halogens is 3. The molecule has 0 saturated heterocycles. The van der Waals surface area contributed by atoms with Gasteiger partial charge < -0.3 is 4.74 Å². The highest BCUT2D eigenvalue weighted by atomic mass is 79.9. The molecular weight excluding hydrogens is 266 g/mol. The van der Waals surface area contributed by atoms with Gasteiger partial charge >= 0.3 is 0 Å². The zero-order valence-electron chi connectivity index (χ0n) is 8.27. The second-order valence-electron chi connectivity index (χ2n) is 3.05. The Morgan fingerprint density at radius 3 is 2.53 bits per heavy atom. The van der Waals surface area contributed by atoms with Crippen LogP contribution in [0.15, 0.2) is 29.8 Å². The molecule has 0 atom stereocenters. The monoisotopic (exact) mass is 276 g/mol. The predicted molar refractivity (Wildman–Crippen MR) is 59.4 cm³/mol. The molecule has 0 heterocycles. The van der Waals surface area contributed by atoms with Crippen LogP contribution in [-0.4, -0.2) is 11.9 Å². The molecule has 0 aliphatic rings. The summed E-state index contributed by atoms with van der Waals surface area (Å²) >= 11 is 3.26. The highest BCUT2D eigenvalue weighted by Crippen LogP contribution is 2.20. The van der Waals surface area contributed by atoms with Crippen LogP contribution in [0.2, 0.25) is 0 Å². The van der Waals surface area contributed by atoms with E-state index >= 15 is 0 Å². The van der Waals surface area contributed by atoms with Gasteiger partial charge in [-0.2, -0.15) is 0 Å². The molecule has 0 radical (unpaired) electrons. The molecule has 0 N–H and O–H groups in total. The van der Waals surface area contributed by atoms with Gasteiger partial charge in [0.1, 0.15) is 6.61 Å². The molecule has 0 spiro atoms. The minimum absolute atomic E-state index is 0.162. The number of benzene rings is 1. The first kappa shape index (κ1) is 12.2. The Morgan fingerprint density at radius 1 is 1.40 bits per heavy atom. The highest BCUT2D eigenvalue weighted by Gasteiger charge is 2.08. The Morgan fingerprint density at radius 2 is 2.00 bits per heavy atom. The number of ether oxygens (including phenoxy) is 1. The Balaban J connectivity index is 2.65. The minimum atomic E-state index is -0.681. The molecule has 0 unspecified atom stereocenters. The van der Waals surface area contributed by atoms with Crippen molar-refractivity contribution in [1.29, 1.82) is 0 Å². The van der Waals surface area contributed by atoms with Gasteiger partial charge in [0.2, 0.25) is 0 Å². The van der Waals surface area contributed by atoms with E-state index in [4.69, 9.17) is 4.74 Å². The van der Waals surface area contributed by atoms with Crippen molar-refractivity contribution >= 4 is 15.9 Å². The van der Waals surface area contributed by atoms with E-state index in [0.717, 1.165) is 10.9 Å². The molecule has 0 aliphatic carbocycles. The van der Waals surface area contributed by atoms with E-state index in [2.05, 4.69) is 15.9 Å². The Bertz CT molecular complexity index is 343. The van der Waals surface area contributed by atoms with E-state index in [1.807, 2.05) is 6.92 Å². The maximum atomic E-state index is 13.1. The molecule has 0 bridgehead atoms. The third-order valence-electron chi connectivity index (χ3n) is 1.79. The van der Waals surface area contributed by atoms with Crippen molar-refractivity contribution in [2.24, 2.45) is 0 Å². The number of alkyl halides is 1. The number of para-hydroxylation sites is 1. The summed E-state index contributed by atoms with van der Waals surface area (Å²) in [5.41, 5.74) is 1.05. The number of rotatable bonds is 4. The van der Waals surface area contributed by atoms with Gasteiger partial charge in [-0.3, -0.25) is 0 Å². The van der Waals surface area contributed by atoms with Crippen molar-refractivity contribution in [3.63, 3.8) is 0 Å². The first-order valence-corrected chi connectivity index (χ1v) is 5.55. The molecule has 1 nitrogen and oxygen atoms in total. The lowest BCUT2D eigenvalue weighted by molar-refractivity contribution is 0.320. The first-order valence-electron chi connectivity index (χ1n) is 4.43. The average Bonchev–Trinajstić information content (AvgIpc) is 2.22. The lowest BCUT2D eigenvalue weighted by Gasteiger charge is -2.05. The number of hydrogen-bond acceptors (Lipinski definition) is 1. The van der Waals surface area contributed by atoms with Crippen molar-refractivity contribution in [1.82, 2.24) is 0 Å². The van der Waals surface area contributed by atoms with E-state index in [1.165, 1.54) is 18.2 Å².